The van der Waals surface area contributed by atoms with E-state index in [9.17, 15) is 12.8 Å². The quantitative estimate of drug-likeness (QED) is 0.741. The van der Waals surface area contributed by atoms with Gasteiger partial charge in [0.1, 0.15) is 12.4 Å². The highest BCUT2D eigenvalue weighted by molar-refractivity contribution is 7.99. The fourth-order valence-electron chi connectivity index (χ4n) is 2.52. The third-order valence-corrected chi connectivity index (χ3v) is 5.15. The van der Waals surface area contributed by atoms with Crippen molar-refractivity contribution in [2.45, 2.75) is 0 Å². The highest BCUT2D eigenvalue weighted by atomic mass is 32.2. The van der Waals surface area contributed by atoms with Crippen molar-refractivity contribution in [3.63, 3.8) is 0 Å². The lowest BCUT2D eigenvalue weighted by Crippen LogP contribution is -2.38. The molecule has 1 aromatic rings. The second-order valence-corrected chi connectivity index (χ2v) is 8.30. The number of halogens is 1. The minimum Gasteiger partial charge on any atom is -0.368 e. The highest BCUT2D eigenvalue weighted by Gasteiger charge is 2.21. The number of benzene rings is 1. The lowest BCUT2D eigenvalue weighted by atomic mass is 10.2. The summed E-state index contributed by atoms with van der Waals surface area (Å²) in [6.07, 6.45) is 2.55. The van der Waals surface area contributed by atoms with Crippen molar-refractivity contribution >= 4 is 33.3 Å². The largest absolute Gasteiger partial charge is 0.368 e. The van der Waals surface area contributed by atoms with Crippen LogP contribution in [0.15, 0.2) is 30.1 Å². The molecule has 0 radical (unpaired) electrons. The maximum absolute atomic E-state index is 14.5. The Bertz CT molecular complexity index is 736. The first-order chi connectivity index (χ1) is 11.4. The van der Waals surface area contributed by atoms with Crippen LogP contribution in [0.2, 0.25) is 0 Å². The Morgan fingerprint density at radius 3 is 2.75 bits per heavy atom. The molecular weight excluding hydrogens is 355 g/mol. The number of hydrogen-bond donors (Lipinski definition) is 2. The molecule has 2 aliphatic heterocycles. The van der Waals surface area contributed by atoms with Gasteiger partial charge in [0.2, 0.25) is 0 Å². The summed E-state index contributed by atoms with van der Waals surface area (Å²) in [7, 11) is -3.55. The molecule has 132 valence electrons. The van der Waals surface area contributed by atoms with Crippen LogP contribution in [0, 0.1) is 5.82 Å². The summed E-state index contributed by atoms with van der Waals surface area (Å²) in [5, 5.41) is 1.55. The van der Waals surface area contributed by atoms with Crippen molar-refractivity contribution in [2.24, 2.45) is 0 Å². The number of nitrogens with zero attached hydrogens (tertiary/aromatic N) is 2. The molecule has 0 unspecified atom stereocenters. The van der Waals surface area contributed by atoms with Crippen molar-refractivity contribution in [3.05, 3.63) is 35.9 Å². The monoisotopic (exact) mass is 374 g/mol. The SMILES string of the molecule is CS(=O)(=O)OCC1=CNNN1c1ccc(N2CCSCC2)c(F)c1. The van der Waals surface area contributed by atoms with Gasteiger partial charge in [-0.15, -0.1) is 5.53 Å². The van der Waals surface area contributed by atoms with E-state index < -0.39 is 10.1 Å². The number of thioether (sulfide) groups is 1. The molecular formula is C14H19FN4O3S2. The average molecular weight is 374 g/mol. The fraction of sp³-hybridized carbons (Fsp3) is 0.429. The van der Waals surface area contributed by atoms with Gasteiger partial charge in [0, 0.05) is 36.9 Å². The van der Waals surface area contributed by atoms with Gasteiger partial charge < -0.3 is 10.3 Å². The second-order valence-electron chi connectivity index (χ2n) is 5.43. The number of nitrogens with one attached hydrogen (secondary N) is 2. The van der Waals surface area contributed by atoms with Crippen LogP contribution in [0.1, 0.15) is 0 Å². The molecule has 1 saturated heterocycles. The van der Waals surface area contributed by atoms with Crippen molar-refractivity contribution in [1.82, 2.24) is 11.0 Å². The number of anilines is 2. The van der Waals surface area contributed by atoms with E-state index in [0.717, 1.165) is 30.9 Å². The zero-order valence-electron chi connectivity index (χ0n) is 13.2. The van der Waals surface area contributed by atoms with Gasteiger partial charge >= 0.3 is 0 Å². The molecule has 0 aromatic heterocycles. The maximum Gasteiger partial charge on any atom is 0.264 e. The Morgan fingerprint density at radius 1 is 1.33 bits per heavy atom. The molecule has 2 aliphatic rings. The van der Waals surface area contributed by atoms with Crippen molar-refractivity contribution in [3.8, 4) is 0 Å². The first-order valence-electron chi connectivity index (χ1n) is 7.41. The van der Waals surface area contributed by atoms with Gasteiger partial charge in [-0.3, -0.25) is 9.19 Å². The second kappa shape index (κ2) is 7.18. The van der Waals surface area contributed by atoms with E-state index in [2.05, 4.69) is 11.0 Å². The lowest BCUT2D eigenvalue weighted by molar-refractivity contribution is 0.348. The predicted octanol–water partition coefficient (Wildman–Crippen LogP) is 1.03. The average Bonchev–Trinajstić information content (AvgIpc) is 3.01. The number of hydrogen-bond acceptors (Lipinski definition) is 8. The molecule has 0 bridgehead atoms. The summed E-state index contributed by atoms with van der Waals surface area (Å²) in [6.45, 7) is 1.52. The summed E-state index contributed by atoms with van der Waals surface area (Å²) < 4.78 is 41.6. The first kappa shape index (κ1) is 17.3. The van der Waals surface area contributed by atoms with Crippen molar-refractivity contribution in [2.75, 3.05) is 47.4 Å². The Hall–Kier alpha value is -1.49. The van der Waals surface area contributed by atoms with Gasteiger partial charge in [-0.2, -0.15) is 20.2 Å². The number of rotatable bonds is 5. The molecule has 1 fully saturated rings. The van der Waals surface area contributed by atoms with E-state index in [1.807, 2.05) is 16.7 Å². The number of hydrazine groups is 2. The predicted molar refractivity (Wildman–Crippen MR) is 93.6 cm³/mol. The molecule has 2 heterocycles. The summed E-state index contributed by atoms with van der Waals surface area (Å²) in [5.74, 6) is 1.68. The van der Waals surface area contributed by atoms with E-state index in [1.54, 1.807) is 23.3 Å². The fourth-order valence-corrected chi connectivity index (χ4v) is 3.75. The van der Waals surface area contributed by atoms with Crippen molar-refractivity contribution < 1.29 is 17.0 Å². The molecule has 0 aliphatic carbocycles. The van der Waals surface area contributed by atoms with Gasteiger partial charge in [0.05, 0.1) is 23.3 Å². The zero-order valence-corrected chi connectivity index (χ0v) is 14.8. The Balaban J connectivity index is 1.74. The van der Waals surface area contributed by atoms with Crippen LogP contribution >= 0.6 is 11.8 Å². The van der Waals surface area contributed by atoms with Gasteiger partial charge in [0.25, 0.3) is 10.1 Å². The standard InChI is InChI=1S/C14H19FN4O3S2/c1-24(20,21)22-10-12-9-16-17-19(12)11-2-3-14(13(15)8-11)18-4-6-23-7-5-18/h2-3,8-9,16-17H,4-7,10H2,1H3. The molecule has 0 amide bonds. The van der Waals surface area contributed by atoms with Crippen LogP contribution in [0.4, 0.5) is 15.8 Å². The molecule has 24 heavy (non-hydrogen) atoms. The van der Waals surface area contributed by atoms with Gasteiger partial charge in [-0.25, -0.2) is 4.39 Å². The van der Waals surface area contributed by atoms with Gasteiger partial charge in [-0.1, -0.05) is 0 Å². The van der Waals surface area contributed by atoms with Crippen LogP contribution in [0.5, 0.6) is 0 Å². The van der Waals surface area contributed by atoms with E-state index >= 15 is 0 Å². The summed E-state index contributed by atoms with van der Waals surface area (Å²) in [5.41, 5.74) is 7.24. The van der Waals surface area contributed by atoms with E-state index in [-0.39, 0.29) is 12.4 Å². The third kappa shape index (κ3) is 4.12. The Labute approximate surface area is 144 Å². The molecule has 0 spiro atoms. The molecule has 0 atom stereocenters. The van der Waals surface area contributed by atoms with Crippen LogP contribution in [0.25, 0.3) is 0 Å². The van der Waals surface area contributed by atoms with E-state index in [1.165, 1.54) is 6.07 Å². The maximum atomic E-state index is 14.5. The normalized spacial score (nSPS) is 18.5. The smallest absolute Gasteiger partial charge is 0.264 e. The summed E-state index contributed by atoms with van der Waals surface area (Å²) >= 11 is 1.87. The first-order valence-corrected chi connectivity index (χ1v) is 10.4. The van der Waals surface area contributed by atoms with Gasteiger partial charge in [-0.05, 0) is 12.1 Å². The highest BCUT2D eigenvalue weighted by Crippen LogP contribution is 2.28. The molecule has 7 nitrogen and oxygen atoms in total. The zero-order chi connectivity index (χ0) is 17.2. The van der Waals surface area contributed by atoms with E-state index in [0.29, 0.717) is 17.1 Å². The van der Waals surface area contributed by atoms with Crippen LogP contribution in [0.3, 0.4) is 0 Å². The molecule has 10 heteroatoms. The van der Waals surface area contributed by atoms with Crippen LogP contribution in [-0.2, 0) is 14.3 Å². The minimum atomic E-state index is -3.55. The molecule has 3 rings (SSSR count). The summed E-state index contributed by atoms with van der Waals surface area (Å²) in [4.78, 5) is 2.04. The lowest BCUT2D eigenvalue weighted by Gasteiger charge is -2.29. The minimum absolute atomic E-state index is 0.147. The molecule has 0 saturated carbocycles. The van der Waals surface area contributed by atoms with Gasteiger partial charge in [0.15, 0.2) is 0 Å². The Morgan fingerprint density at radius 2 is 2.08 bits per heavy atom. The topological polar surface area (TPSA) is 73.9 Å². The van der Waals surface area contributed by atoms with Crippen LogP contribution in [-0.4, -0.2) is 45.9 Å². The molecule has 1 aromatic carbocycles. The van der Waals surface area contributed by atoms with Crippen LogP contribution < -0.4 is 20.9 Å². The summed E-state index contributed by atoms with van der Waals surface area (Å²) in [6, 6.07) is 4.95. The third-order valence-electron chi connectivity index (χ3n) is 3.66. The van der Waals surface area contributed by atoms with Crippen molar-refractivity contribution in [1.29, 1.82) is 0 Å². The molecule has 2 N–H and O–H groups in total. The Kier molecular flexibility index (Phi) is 5.18. The van der Waals surface area contributed by atoms with E-state index in [4.69, 9.17) is 4.18 Å².